The van der Waals surface area contributed by atoms with Crippen LogP contribution in [0.2, 0.25) is 0 Å². The molecule has 1 aromatic heterocycles. The second kappa shape index (κ2) is 7.99. The Labute approximate surface area is 156 Å². The van der Waals surface area contributed by atoms with E-state index in [1.54, 1.807) is 7.05 Å². The average Bonchev–Trinajstić information content (AvgIpc) is 3.29. The SMILES string of the molecule is CN=C(NCCCc1nc(C)no1)NCC1(c2ccccc2Br)CC1. The van der Waals surface area contributed by atoms with Crippen LogP contribution in [-0.2, 0) is 11.8 Å². The monoisotopic (exact) mass is 405 g/mol. The van der Waals surface area contributed by atoms with Crippen LogP contribution in [0.1, 0.15) is 36.5 Å². The van der Waals surface area contributed by atoms with Crippen LogP contribution >= 0.6 is 15.9 Å². The van der Waals surface area contributed by atoms with Gasteiger partial charge in [0.25, 0.3) is 0 Å². The molecule has 1 aliphatic rings. The molecule has 134 valence electrons. The maximum absolute atomic E-state index is 5.12. The minimum absolute atomic E-state index is 0.221. The molecule has 7 heteroatoms. The number of aromatic nitrogens is 2. The van der Waals surface area contributed by atoms with Gasteiger partial charge in [-0.3, -0.25) is 4.99 Å². The second-order valence-corrected chi connectivity index (χ2v) is 7.31. The van der Waals surface area contributed by atoms with E-state index in [0.29, 0.717) is 11.7 Å². The summed E-state index contributed by atoms with van der Waals surface area (Å²) < 4.78 is 6.31. The first kappa shape index (κ1) is 17.9. The highest BCUT2D eigenvalue weighted by Gasteiger charge is 2.45. The van der Waals surface area contributed by atoms with E-state index in [1.807, 2.05) is 6.92 Å². The van der Waals surface area contributed by atoms with Gasteiger partial charge in [-0.1, -0.05) is 39.3 Å². The molecule has 0 saturated heterocycles. The lowest BCUT2D eigenvalue weighted by molar-refractivity contribution is 0.372. The molecule has 0 radical (unpaired) electrons. The minimum Gasteiger partial charge on any atom is -0.356 e. The average molecular weight is 406 g/mol. The van der Waals surface area contributed by atoms with Gasteiger partial charge in [0.15, 0.2) is 11.8 Å². The number of hydrogen-bond acceptors (Lipinski definition) is 4. The molecular weight excluding hydrogens is 382 g/mol. The summed E-state index contributed by atoms with van der Waals surface area (Å²) in [7, 11) is 1.80. The summed E-state index contributed by atoms with van der Waals surface area (Å²) in [6.07, 6.45) is 4.09. The van der Waals surface area contributed by atoms with Gasteiger partial charge >= 0.3 is 0 Å². The summed E-state index contributed by atoms with van der Waals surface area (Å²) >= 11 is 3.68. The van der Waals surface area contributed by atoms with Gasteiger partial charge in [-0.25, -0.2) is 0 Å². The first-order valence-electron chi connectivity index (χ1n) is 8.62. The second-order valence-electron chi connectivity index (χ2n) is 6.45. The smallest absolute Gasteiger partial charge is 0.226 e. The Morgan fingerprint density at radius 1 is 1.32 bits per heavy atom. The van der Waals surface area contributed by atoms with Gasteiger partial charge in [0.05, 0.1) is 0 Å². The van der Waals surface area contributed by atoms with Gasteiger partial charge in [-0.2, -0.15) is 4.98 Å². The molecule has 3 rings (SSSR count). The van der Waals surface area contributed by atoms with E-state index in [4.69, 9.17) is 4.52 Å². The fourth-order valence-corrected chi connectivity index (χ4v) is 3.65. The van der Waals surface area contributed by atoms with Crippen LogP contribution < -0.4 is 10.6 Å². The topological polar surface area (TPSA) is 75.3 Å². The van der Waals surface area contributed by atoms with E-state index >= 15 is 0 Å². The van der Waals surface area contributed by atoms with Crippen molar-refractivity contribution in [2.24, 2.45) is 4.99 Å². The molecular formula is C18H24BrN5O. The lowest BCUT2D eigenvalue weighted by atomic mass is 9.96. The first-order chi connectivity index (χ1) is 12.1. The quantitative estimate of drug-likeness (QED) is 0.420. The van der Waals surface area contributed by atoms with E-state index in [1.165, 1.54) is 22.9 Å². The van der Waals surface area contributed by atoms with E-state index in [0.717, 1.165) is 31.9 Å². The molecule has 25 heavy (non-hydrogen) atoms. The Morgan fingerprint density at radius 3 is 2.76 bits per heavy atom. The Bertz CT molecular complexity index is 739. The molecule has 2 N–H and O–H groups in total. The van der Waals surface area contributed by atoms with Gasteiger partial charge in [0.2, 0.25) is 5.89 Å². The van der Waals surface area contributed by atoms with Crippen LogP contribution in [0.4, 0.5) is 0 Å². The van der Waals surface area contributed by atoms with Crippen molar-refractivity contribution < 1.29 is 4.52 Å². The van der Waals surface area contributed by atoms with Gasteiger partial charge in [-0.15, -0.1) is 0 Å². The largest absolute Gasteiger partial charge is 0.356 e. The predicted molar refractivity (Wildman–Crippen MR) is 102 cm³/mol. The third-order valence-corrected chi connectivity index (χ3v) is 5.24. The molecule has 1 aliphatic carbocycles. The van der Waals surface area contributed by atoms with Crippen LogP contribution in [0.25, 0.3) is 0 Å². The summed E-state index contributed by atoms with van der Waals surface area (Å²) in [5.41, 5.74) is 1.60. The molecule has 0 bridgehead atoms. The molecule has 6 nitrogen and oxygen atoms in total. The van der Waals surface area contributed by atoms with E-state index in [2.05, 4.69) is 66.0 Å². The maximum Gasteiger partial charge on any atom is 0.226 e. The highest BCUT2D eigenvalue weighted by Crippen LogP contribution is 2.49. The number of guanidine groups is 1. The van der Waals surface area contributed by atoms with E-state index in [9.17, 15) is 0 Å². The lowest BCUT2D eigenvalue weighted by Crippen LogP contribution is -2.41. The van der Waals surface area contributed by atoms with E-state index in [-0.39, 0.29) is 5.41 Å². The molecule has 1 fully saturated rings. The molecule has 1 saturated carbocycles. The normalized spacial score (nSPS) is 15.9. The number of halogens is 1. The summed E-state index contributed by atoms with van der Waals surface area (Å²) in [5, 5.41) is 10.6. The van der Waals surface area contributed by atoms with Crippen molar-refractivity contribution in [3.63, 3.8) is 0 Å². The first-order valence-corrected chi connectivity index (χ1v) is 9.41. The zero-order valence-corrected chi connectivity index (χ0v) is 16.3. The molecule has 0 spiro atoms. The Hall–Kier alpha value is -1.89. The Kier molecular flexibility index (Phi) is 5.73. The third kappa shape index (κ3) is 4.60. The van der Waals surface area contributed by atoms with Gasteiger partial charge < -0.3 is 15.2 Å². The number of rotatable bonds is 7. The fraction of sp³-hybridized carbons (Fsp3) is 0.500. The van der Waals surface area contributed by atoms with Crippen LogP contribution in [0.3, 0.4) is 0 Å². The molecule has 0 aliphatic heterocycles. The van der Waals surface area contributed by atoms with Crippen LogP contribution in [-0.4, -0.2) is 36.2 Å². The van der Waals surface area contributed by atoms with Gasteiger partial charge in [0, 0.05) is 36.4 Å². The fourth-order valence-electron chi connectivity index (χ4n) is 2.95. The number of benzene rings is 1. The molecule has 0 unspecified atom stereocenters. The highest BCUT2D eigenvalue weighted by molar-refractivity contribution is 9.10. The summed E-state index contributed by atoms with van der Waals surface area (Å²) in [5.74, 6) is 2.20. The molecule has 1 heterocycles. The summed E-state index contributed by atoms with van der Waals surface area (Å²) in [6, 6.07) is 8.48. The molecule has 0 atom stereocenters. The maximum atomic E-state index is 5.12. The van der Waals surface area contributed by atoms with E-state index < -0.39 is 0 Å². The van der Waals surface area contributed by atoms with Crippen molar-refractivity contribution in [3.05, 3.63) is 46.0 Å². The van der Waals surface area contributed by atoms with Crippen molar-refractivity contribution >= 4 is 21.9 Å². The number of aliphatic imine (C=N–C) groups is 1. The van der Waals surface area contributed by atoms with Gasteiger partial charge in [-0.05, 0) is 37.8 Å². The van der Waals surface area contributed by atoms with Crippen molar-refractivity contribution in [1.82, 2.24) is 20.8 Å². The Balaban J connectivity index is 1.44. The predicted octanol–water partition coefficient (Wildman–Crippen LogP) is 2.97. The van der Waals surface area contributed by atoms with Crippen LogP contribution in [0.5, 0.6) is 0 Å². The highest BCUT2D eigenvalue weighted by atomic mass is 79.9. The lowest BCUT2D eigenvalue weighted by Gasteiger charge is -2.20. The third-order valence-electron chi connectivity index (χ3n) is 4.55. The molecule has 2 aromatic rings. The number of aryl methyl sites for hydroxylation is 2. The van der Waals surface area contributed by atoms with Crippen LogP contribution in [0.15, 0.2) is 38.3 Å². The summed E-state index contributed by atoms with van der Waals surface area (Å²) in [6.45, 7) is 3.52. The Morgan fingerprint density at radius 2 is 2.12 bits per heavy atom. The number of hydrogen-bond donors (Lipinski definition) is 2. The van der Waals surface area contributed by atoms with Crippen LogP contribution in [0, 0.1) is 6.92 Å². The molecule has 1 aromatic carbocycles. The molecule has 0 amide bonds. The minimum atomic E-state index is 0.221. The number of nitrogens with zero attached hydrogens (tertiary/aromatic N) is 3. The van der Waals surface area contributed by atoms with Gasteiger partial charge in [0.1, 0.15) is 0 Å². The zero-order chi connectivity index (χ0) is 17.7. The number of nitrogens with one attached hydrogen (secondary N) is 2. The van der Waals surface area contributed by atoms with Crippen molar-refractivity contribution in [2.45, 2.75) is 38.0 Å². The zero-order valence-electron chi connectivity index (χ0n) is 14.7. The standard InChI is InChI=1S/C18H24BrN5O/c1-13-23-16(25-24-13)8-5-11-21-17(20-2)22-12-18(9-10-18)14-6-3-4-7-15(14)19/h3-4,6-7H,5,8-12H2,1-2H3,(H2,20,21,22). The van der Waals surface area contributed by atoms with Crippen molar-refractivity contribution in [1.29, 1.82) is 0 Å². The van der Waals surface area contributed by atoms with Crippen molar-refractivity contribution in [2.75, 3.05) is 20.1 Å². The van der Waals surface area contributed by atoms with Crippen molar-refractivity contribution in [3.8, 4) is 0 Å². The summed E-state index contributed by atoms with van der Waals surface area (Å²) in [4.78, 5) is 8.53.